The predicted octanol–water partition coefficient (Wildman–Crippen LogP) is 7.35. The fourth-order valence-electron chi connectivity index (χ4n) is 4.19. The van der Waals surface area contributed by atoms with Crippen LogP contribution in [0.25, 0.3) is 0 Å². The number of nitrogens with zero attached hydrogens (tertiary/aromatic N) is 1. The fraction of sp³-hybridized carbons (Fsp3) is 0.966. The van der Waals surface area contributed by atoms with Crippen molar-refractivity contribution in [3.05, 3.63) is 0 Å². The molecule has 3 unspecified atom stereocenters. The summed E-state index contributed by atoms with van der Waals surface area (Å²) in [6.07, 6.45) is 17.3. The first kappa shape index (κ1) is 36.5. The number of unbranched alkanes of at least 4 members (excludes halogenated alkanes) is 9. The summed E-state index contributed by atoms with van der Waals surface area (Å²) < 4.78 is 29.6. The van der Waals surface area contributed by atoms with Gasteiger partial charge in [0.2, 0.25) is 0 Å². The van der Waals surface area contributed by atoms with Gasteiger partial charge >= 0.3 is 13.6 Å². The lowest BCUT2D eigenvalue weighted by Gasteiger charge is -2.25. The number of rotatable bonds is 26. The smallest absolute Gasteiger partial charge is 0.333 e. The van der Waals surface area contributed by atoms with E-state index in [1.807, 2.05) is 28.1 Å². The Balaban J connectivity index is 4.27. The number of ether oxygens (including phenoxy) is 2. The van der Waals surface area contributed by atoms with Crippen LogP contribution >= 0.6 is 7.60 Å². The SMILES string of the molecule is CCCCCCCCCCCCC(CC)CCOCC(COP(=O)(O)CC[N+](C)(C)C)OC(=O)CCC. The van der Waals surface area contributed by atoms with Gasteiger partial charge in [-0.1, -0.05) is 97.8 Å². The van der Waals surface area contributed by atoms with Gasteiger partial charge in [0.1, 0.15) is 6.10 Å². The third-order valence-electron chi connectivity index (χ3n) is 6.79. The molecule has 0 spiro atoms. The van der Waals surface area contributed by atoms with E-state index in [0.29, 0.717) is 36.4 Å². The molecule has 0 saturated heterocycles. The van der Waals surface area contributed by atoms with Crippen LogP contribution in [0.15, 0.2) is 0 Å². The highest BCUT2D eigenvalue weighted by atomic mass is 31.2. The van der Waals surface area contributed by atoms with Crippen molar-refractivity contribution < 1.29 is 32.7 Å². The number of quaternary nitrogens is 1. The second-order valence-electron chi connectivity index (χ2n) is 11.6. The first-order valence-electron chi connectivity index (χ1n) is 15.1. The molecule has 3 atom stereocenters. The molecule has 222 valence electrons. The van der Waals surface area contributed by atoms with E-state index in [1.54, 1.807) is 0 Å². The van der Waals surface area contributed by atoms with Crippen molar-refractivity contribution in [2.24, 2.45) is 5.92 Å². The zero-order valence-corrected chi connectivity index (χ0v) is 26.1. The van der Waals surface area contributed by atoms with Gasteiger partial charge in [0.25, 0.3) is 0 Å². The zero-order chi connectivity index (χ0) is 28.0. The molecule has 0 heterocycles. The lowest BCUT2D eigenvalue weighted by molar-refractivity contribution is -0.867. The average Bonchev–Trinajstić information content (AvgIpc) is 2.83. The Hall–Kier alpha value is -0.460. The van der Waals surface area contributed by atoms with E-state index < -0.39 is 13.7 Å². The monoisotopic (exact) mass is 550 g/mol. The highest BCUT2D eigenvalue weighted by molar-refractivity contribution is 7.52. The standard InChI is InChI=1S/C29H60NO6P/c1-7-10-11-12-13-14-15-16-17-18-20-27(9-3)21-23-34-25-28(36-29(31)19-8-2)26-35-37(32,33)24-22-30(4,5)6/h27-28H,7-26H2,1-6H3/p+1. The van der Waals surface area contributed by atoms with Crippen LogP contribution in [-0.4, -0.2) is 75.1 Å². The largest absolute Gasteiger partial charge is 0.457 e. The third-order valence-corrected chi connectivity index (χ3v) is 8.10. The third kappa shape index (κ3) is 24.3. The molecule has 0 aromatic heterocycles. The van der Waals surface area contributed by atoms with Gasteiger partial charge in [0.05, 0.1) is 47.1 Å². The molecule has 0 rings (SSSR count). The normalized spacial score (nSPS) is 15.3. The zero-order valence-electron chi connectivity index (χ0n) is 25.2. The van der Waals surface area contributed by atoms with Crippen molar-refractivity contribution in [2.45, 2.75) is 123 Å². The molecule has 0 aliphatic heterocycles. The summed E-state index contributed by atoms with van der Waals surface area (Å²) in [7, 11) is 2.13. The Bertz CT molecular complexity index is 595. The van der Waals surface area contributed by atoms with Gasteiger partial charge in [-0.3, -0.25) is 9.36 Å². The van der Waals surface area contributed by atoms with Gasteiger partial charge in [-0.05, 0) is 18.8 Å². The second kappa shape index (κ2) is 22.4. The number of hydrogen-bond donors (Lipinski definition) is 1. The van der Waals surface area contributed by atoms with Crippen LogP contribution in [0.1, 0.15) is 117 Å². The van der Waals surface area contributed by atoms with Gasteiger partial charge in [-0.25, -0.2) is 0 Å². The van der Waals surface area contributed by atoms with Gasteiger partial charge in [-0.2, -0.15) is 0 Å². The molecular weight excluding hydrogens is 489 g/mol. The predicted molar refractivity (Wildman–Crippen MR) is 154 cm³/mol. The number of hydrogen-bond acceptors (Lipinski definition) is 5. The lowest BCUT2D eigenvalue weighted by atomic mass is 9.95. The van der Waals surface area contributed by atoms with Crippen LogP contribution in [0.3, 0.4) is 0 Å². The van der Waals surface area contributed by atoms with Crippen molar-refractivity contribution in [1.82, 2.24) is 0 Å². The summed E-state index contributed by atoms with van der Waals surface area (Å²) in [6.45, 7) is 7.57. The van der Waals surface area contributed by atoms with E-state index in [2.05, 4.69) is 13.8 Å². The molecule has 7 nitrogen and oxygen atoms in total. The van der Waals surface area contributed by atoms with E-state index >= 15 is 0 Å². The molecule has 0 bridgehead atoms. The molecule has 0 aromatic rings. The van der Waals surface area contributed by atoms with E-state index in [9.17, 15) is 14.3 Å². The molecule has 0 aliphatic rings. The summed E-state index contributed by atoms with van der Waals surface area (Å²) in [5.74, 6) is 0.311. The van der Waals surface area contributed by atoms with Crippen LogP contribution in [-0.2, 0) is 23.4 Å². The quantitative estimate of drug-likeness (QED) is 0.0525. The van der Waals surface area contributed by atoms with Crippen molar-refractivity contribution in [1.29, 1.82) is 0 Å². The Labute approximate surface area is 229 Å². The minimum Gasteiger partial charge on any atom is -0.457 e. The molecule has 0 aliphatic carbocycles. The summed E-state index contributed by atoms with van der Waals surface area (Å²) in [5, 5.41) is 0. The van der Waals surface area contributed by atoms with Gasteiger partial charge in [0.15, 0.2) is 0 Å². The molecular formula is C29H61NO6P+. The maximum atomic E-state index is 12.4. The molecule has 0 amide bonds. The van der Waals surface area contributed by atoms with Crippen molar-refractivity contribution >= 4 is 13.6 Å². The molecule has 1 N–H and O–H groups in total. The Morgan fingerprint density at radius 3 is 1.97 bits per heavy atom. The molecule has 0 aromatic carbocycles. The average molecular weight is 551 g/mol. The lowest BCUT2D eigenvalue weighted by Crippen LogP contribution is -2.37. The number of carbonyl (C=O) groups excluding carboxylic acids is 1. The molecule has 0 fully saturated rings. The van der Waals surface area contributed by atoms with E-state index in [0.717, 1.165) is 12.8 Å². The Morgan fingerprint density at radius 2 is 1.43 bits per heavy atom. The first-order valence-corrected chi connectivity index (χ1v) is 16.8. The van der Waals surface area contributed by atoms with Gasteiger partial charge < -0.3 is 23.4 Å². The Kier molecular flexibility index (Phi) is 22.1. The summed E-state index contributed by atoms with van der Waals surface area (Å²) >= 11 is 0. The highest BCUT2D eigenvalue weighted by Gasteiger charge is 2.26. The summed E-state index contributed by atoms with van der Waals surface area (Å²) in [5.41, 5.74) is 0. The van der Waals surface area contributed by atoms with Crippen LogP contribution in [0, 0.1) is 5.92 Å². The second-order valence-corrected chi connectivity index (χ2v) is 13.6. The van der Waals surface area contributed by atoms with Crippen LogP contribution in [0.5, 0.6) is 0 Å². The van der Waals surface area contributed by atoms with E-state index in [1.165, 1.54) is 70.6 Å². The van der Waals surface area contributed by atoms with Crippen molar-refractivity contribution in [3.63, 3.8) is 0 Å². The molecule has 8 heteroatoms. The maximum absolute atomic E-state index is 12.4. The van der Waals surface area contributed by atoms with Crippen LogP contribution < -0.4 is 0 Å². The molecule has 0 radical (unpaired) electrons. The summed E-state index contributed by atoms with van der Waals surface area (Å²) in [4.78, 5) is 22.2. The number of esters is 1. The number of carbonyl (C=O) groups is 1. The van der Waals surface area contributed by atoms with Crippen LogP contribution in [0.2, 0.25) is 0 Å². The van der Waals surface area contributed by atoms with E-state index in [4.69, 9.17) is 14.0 Å². The highest BCUT2D eigenvalue weighted by Crippen LogP contribution is 2.42. The van der Waals surface area contributed by atoms with Gasteiger partial charge in [-0.15, -0.1) is 0 Å². The minimum atomic E-state index is -3.75. The Morgan fingerprint density at radius 1 is 0.838 bits per heavy atom. The topological polar surface area (TPSA) is 82.1 Å². The van der Waals surface area contributed by atoms with E-state index in [-0.39, 0.29) is 25.3 Å². The summed E-state index contributed by atoms with van der Waals surface area (Å²) in [6, 6.07) is 0. The fourth-order valence-corrected chi connectivity index (χ4v) is 5.57. The molecule has 0 saturated carbocycles. The first-order chi connectivity index (χ1) is 17.5. The van der Waals surface area contributed by atoms with Crippen LogP contribution in [0.4, 0.5) is 0 Å². The van der Waals surface area contributed by atoms with Crippen molar-refractivity contribution in [2.75, 3.05) is 53.7 Å². The maximum Gasteiger partial charge on any atom is 0.333 e. The minimum absolute atomic E-state index is 0.0596. The van der Waals surface area contributed by atoms with Gasteiger partial charge in [0, 0.05) is 13.0 Å². The van der Waals surface area contributed by atoms with Crippen molar-refractivity contribution in [3.8, 4) is 0 Å². The molecule has 37 heavy (non-hydrogen) atoms.